The first-order valence-electron chi connectivity index (χ1n) is 9.48. The number of methoxy groups -OCH3 is 2. The molecule has 3 aromatic rings. The van der Waals surface area contributed by atoms with Crippen molar-refractivity contribution in [3.8, 4) is 17.1 Å². The van der Waals surface area contributed by atoms with Gasteiger partial charge in [0.1, 0.15) is 5.75 Å². The molecule has 0 radical (unpaired) electrons. The van der Waals surface area contributed by atoms with Crippen LogP contribution in [0.15, 0.2) is 53.7 Å². The summed E-state index contributed by atoms with van der Waals surface area (Å²) >= 11 is 1.13. The largest absolute Gasteiger partial charge is 0.497 e. The highest BCUT2D eigenvalue weighted by Gasteiger charge is 2.30. The maximum absolute atomic E-state index is 12.9. The van der Waals surface area contributed by atoms with E-state index in [2.05, 4.69) is 15.5 Å². The maximum atomic E-state index is 12.9. The molecular formula is C21H21F3N4O3S. The molecule has 1 N–H and O–H groups in total. The van der Waals surface area contributed by atoms with Gasteiger partial charge in [-0.3, -0.25) is 9.36 Å². The van der Waals surface area contributed by atoms with Crippen molar-refractivity contribution in [2.45, 2.75) is 17.9 Å². The van der Waals surface area contributed by atoms with Crippen molar-refractivity contribution in [3.63, 3.8) is 0 Å². The lowest BCUT2D eigenvalue weighted by Gasteiger charge is -2.11. The second-order valence-corrected chi connectivity index (χ2v) is 7.54. The zero-order valence-corrected chi connectivity index (χ0v) is 18.2. The molecule has 0 spiro atoms. The normalized spacial score (nSPS) is 11.4. The van der Waals surface area contributed by atoms with Crippen molar-refractivity contribution in [3.05, 3.63) is 54.1 Å². The number of carbonyl (C=O) groups is 1. The zero-order valence-electron chi connectivity index (χ0n) is 17.3. The zero-order chi connectivity index (χ0) is 23.1. The Morgan fingerprint density at radius 1 is 1.12 bits per heavy atom. The van der Waals surface area contributed by atoms with E-state index >= 15 is 0 Å². The number of anilines is 1. The molecule has 1 heterocycles. The van der Waals surface area contributed by atoms with Crippen molar-refractivity contribution in [2.75, 3.05) is 31.9 Å². The van der Waals surface area contributed by atoms with E-state index in [4.69, 9.17) is 9.47 Å². The van der Waals surface area contributed by atoms with E-state index < -0.39 is 17.6 Å². The number of hydrogen-bond acceptors (Lipinski definition) is 6. The highest BCUT2D eigenvalue weighted by molar-refractivity contribution is 7.99. The van der Waals surface area contributed by atoms with Crippen LogP contribution < -0.4 is 10.1 Å². The van der Waals surface area contributed by atoms with Gasteiger partial charge in [0.15, 0.2) is 11.0 Å². The molecular weight excluding hydrogens is 445 g/mol. The lowest BCUT2D eigenvalue weighted by molar-refractivity contribution is -0.137. The lowest BCUT2D eigenvalue weighted by Crippen LogP contribution is -2.16. The van der Waals surface area contributed by atoms with Crippen LogP contribution in [0.1, 0.15) is 5.56 Å². The number of rotatable bonds is 9. The quantitative estimate of drug-likeness (QED) is 0.473. The number of amides is 1. The summed E-state index contributed by atoms with van der Waals surface area (Å²) in [6, 6.07) is 11.8. The van der Waals surface area contributed by atoms with Crippen LogP contribution in [0.3, 0.4) is 0 Å². The molecule has 0 saturated heterocycles. The first kappa shape index (κ1) is 23.6. The van der Waals surface area contributed by atoms with Crippen molar-refractivity contribution in [2.24, 2.45) is 0 Å². The minimum Gasteiger partial charge on any atom is -0.497 e. The average molecular weight is 466 g/mol. The Labute approximate surface area is 186 Å². The van der Waals surface area contributed by atoms with Crippen LogP contribution in [0, 0.1) is 0 Å². The fourth-order valence-electron chi connectivity index (χ4n) is 2.83. The molecule has 0 aliphatic heterocycles. The van der Waals surface area contributed by atoms with Gasteiger partial charge < -0.3 is 14.8 Å². The van der Waals surface area contributed by atoms with Crippen LogP contribution in [0.4, 0.5) is 18.9 Å². The summed E-state index contributed by atoms with van der Waals surface area (Å²) < 4.78 is 50.7. The van der Waals surface area contributed by atoms with Gasteiger partial charge in [-0.05, 0) is 42.5 Å². The second kappa shape index (κ2) is 10.5. The smallest absolute Gasteiger partial charge is 0.416 e. The number of hydrogen-bond donors (Lipinski definition) is 1. The van der Waals surface area contributed by atoms with Crippen LogP contribution in [-0.4, -0.2) is 47.3 Å². The summed E-state index contributed by atoms with van der Waals surface area (Å²) in [6.07, 6.45) is -4.48. The van der Waals surface area contributed by atoms with Gasteiger partial charge in [0.2, 0.25) is 5.91 Å². The van der Waals surface area contributed by atoms with E-state index in [-0.39, 0.29) is 11.4 Å². The predicted octanol–water partition coefficient (Wildman–Crippen LogP) is 4.35. The van der Waals surface area contributed by atoms with Gasteiger partial charge >= 0.3 is 6.18 Å². The summed E-state index contributed by atoms with van der Waals surface area (Å²) in [7, 11) is 3.15. The monoisotopic (exact) mass is 466 g/mol. The Bertz CT molecular complexity index is 1060. The van der Waals surface area contributed by atoms with Gasteiger partial charge in [-0.2, -0.15) is 13.2 Å². The van der Waals surface area contributed by atoms with Crippen molar-refractivity contribution >= 4 is 23.4 Å². The summed E-state index contributed by atoms with van der Waals surface area (Å²) in [6.45, 7) is 0.869. The van der Waals surface area contributed by atoms with Gasteiger partial charge in [0, 0.05) is 18.4 Å². The van der Waals surface area contributed by atoms with E-state index in [1.165, 1.54) is 12.1 Å². The SMILES string of the molecule is COCCn1c(SCC(=O)Nc2cccc(C(F)(F)F)c2)nnc1-c1ccc(OC)cc1. The molecule has 0 atom stereocenters. The van der Waals surface area contributed by atoms with Crippen LogP contribution in [-0.2, 0) is 22.3 Å². The lowest BCUT2D eigenvalue weighted by atomic mass is 10.2. The van der Waals surface area contributed by atoms with Crippen molar-refractivity contribution < 1.29 is 27.4 Å². The first-order valence-corrected chi connectivity index (χ1v) is 10.5. The topological polar surface area (TPSA) is 78.3 Å². The minimum atomic E-state index is -4.48. The highest BCUT2D eigenvalue weighted by atomic mass is 32.2. The fraction of sp³-hybridized carbons (Fsp3) is 0.286. The Morgan fingerprint density at radius 3 is 2.53 bits per heavy atom. The van der Waals surface area contributed by atoms with Crippen LogP contribution in [0.2, 0.25) is 0 Å². The van der Waals surface area contributed by atoms with Crippen LogP contribution >= 0.6 is 11.8 Å². The average Bonchev–Trinajstić information content (AvgIpc) is 3.18. The molecule has 11 heteroatoms. The van der Waals surface area contributed by atoms with Gasteiger partial charge in [-0.25, -0.2) is 0 Å². The molecule has 0 unspecified atom stereocenters. The summed E-state index contributed by atoms with van der Waals surface area (Å²) in [5.41, 5.74) is 0.0614. The highest BCUT2D eigenvalue weighted by Crippen LogP contribution is 2.31. The molecule has 0 saturated carbocycles. The third kappa shape index (κ3) is 6.01. The van der Waals surface area contributed by atoms with Crippen LogP contribution in [0.25, 0.3) is 11.4 Å². The van der Waals surface area contributed by atoms with E-state index in [0.29, 0.717) is 29.9 Å². The third-order valence-electron chi connectivity index (χ3n) is 4.39. The molecule has 0 aliphatic rings. The molecule has 0 fully saturated rings. The van der Waals surface area contributed by atoms with E-state index in [1.807, 2.05) is 16.7 Å². The summed E-state index contributed by atoms with van der Waals surface area (Å²) in [5, 5.41) is 11.4. The third-order valence-corrected chi connectivity index (χ3v) is 5.36. The van der Waals surface area contributed by atoms with Gasteiger partial charge in [0.05, 0.1) is 31.6 Å². The molecule has 3 rings (SSSR count). The number of benzene rings is 2. The summed E-state index contributed by atoms with van der Waals surface area (Å²) in [5.74, 6) is 0.800. The number of ether oxygens (including phenoxy) is 2. The molecule has 1 aromatic heterocycles. The number of thioether (sulfide) groups is 1. The number of carbonyl (C=O) groups excluding carboxylic acids is 1. The standard InChI is InChI=1S/C21H21F3N4O3S/c1-30-11-10-28-19(14-6-8-17(31-2)9-7-14)26-27-20(28)32-13-18(29)25-16-5-3-4-15(12-16)21(22,23)24/h3-9,12H,10-11,13H2,1-2H3,(H,25,29). The van der Waals surface area contributed by atoms with E-state index in [9.17, 15) is 18.0 Å². The van der Waals surface area contributed by atoms with Gasteiger partial charge in [0.25, 0.3) is 0 Å². The Balaban J connectivity index is 1.71. The Morgan fingerprint density at radius 2 is 1.88 bits per heavy atom. The first-order chi connectivity index (χ1) is 15.3. The van der Waals surface area contributed by atoms with Gasteiger partial charge in [-0.1, -0.05) is 17.8 Å². The van der Waals surface area contributed by atoms with Crippen LogP contribution in [0.5, 0.6) is 5.75 Å². The van der Waals surface area contributed by atoms with E-state index in [0.717, 1.165) is 29.5 Å². The molecule has 2 aromatic carbocycles. The second-order valence-electron chi connectivity index (χ2n) is 6.59. The molecule has 0 bridgehead atoms. The molecule has 170 valence electrons. The fourth-order valence-corrected chi connectivity index (χ4v) is 3.60. The number of halogens is 3. The van der Waals surface area contributed by atoms with Gasteiger partial charge in [-0.15, -0.1) is 10.2 Å². The number of alkyl halides is 3. The Hall–Kier alpha value is -3.05. The molecule has 1 amide bonds. The number of nitrogens with one attached hydrogen (secondary N) is 1. The number of nitrogens with zero attached hydrogens (tertiary/aromatic N) is 3. The van der Waals surface area contributed by atoms with Crippen molar-refractivity contribution in [1.29, 1.82) is 0 Å². The molecule has 0 aliphatic carbocycles. The Kier molecular flexibility index (Phi) is 7.75. The predicted molar refractivity (Wildman–Crippen MR) is 115 cm³/mol. The maximum Gasteiger partial charge on any atom is 0.416 e. The molecule has 7 nitrogen and oxygen atoms in total. The van der Waals surface area contributed by atoms with E-state index in [1.54, 1.807) is 26.4 Å². The summed E-state index contributed by atoms with van der Waals surface area (Å²) in [4.78, 5) is 12.3. The molecule has 32 heavy (non-hydrogen) atoms. The number of aromatic nitrogens is 3. The van der Waals surface area contributed by atoms with Crippen molar-refractivity contribution in [1.82, 2.24) is 14.8 Å². The minimum absolute atomic E-state index is 0.0516.